The summed E-state index contributed by atoms with van der Waals surface area (Å²) < 4.78 is 9.10. The van der Waals surface area contributed by atoms with Gasteiger partial charge >= 0.3 is 0 Å². The maximum absolute atomic E-state index is 6.31. The summed E-state index contributed by atoms with van der Waals surface area (Å²) >= 11 is 3.48. The number of hydrogen-bond acceptors (Lipinski definition) is 5. The number of nitrogens with one attached hydrogen (secondary N) is 1. The Balaban J connectivity index is 1.59. The van der Waals surface area contributed by atoms with E-state index < -0.39 is 0 Å². The van der Waals surface area contributed by atoms with Gasteiger partial charge in [-0.15, -0.1) is 0 Å². The van der Waals surface area contributed by atoms with Crippen LogP contribution in [-0.2, 0) is 4.74 Å². The van der Waals surface area contributed by atoms with Gasteiger partial charge in [-0.2, -0.15) is 5.10 Å². The van der Waals surface area contributed by atoms with Crippen LogP contribution < -0.4 is 11.1 Å². The van der Waals surface area contributed by atoms with Crippen molar-refractivity contribution in [2.45, 2.75) is 32.4 Å². The van der Waals surface area contributed by atoms with Crippen LogP contribution >= 0.6 is 15.9 Å². The number of nitrogen functional groups attached to an aromatic ring is 1. The fraction of sp³-hybridized carbons (Fsp3) is 0.231. The SMILES string of the molecule is Cc1cccc(-c2c(-c3ccc(N)c(Nc4ccc(Br)cc4)c3)cnn2C2CCCCO2)n1. The molecule has 0 radical (unpaired) electrons. The molecule has 7 heteroatoms. The molecule has 3 N–H and O–H groups in total. The summed E-state index contributed by atoms with van der Waals surface area (Å²) in [7, 11) is 0. The van der Waals surface area contributed by atoms with Gasteiger partial charge in [0, 0.05) is 28.0 Å². The van der Waals surface area contributed by atoms with Crippen molar-refractivity contribution in [2.24, 2.45) is 0 Å². The smallest absolute Gasteiger partial charge is 0.150 e. The molecule has 1 aliphatic heterocycles. The Labute approximate surface area is 201 Å². The van der Waals surface area contributed by atoms with E-state index in [0.29, 0.717) is 5.69 Å². The molecular weight excluding hydrogens is 478 g/mol. The van der Waals surface area contributed by atoms with Crippen molar-refractivity contribution in [1.82, 2.24) is 14.8 Å². The highest BCUT2D eigenvalue weighted by atomic mass is 79.9. The first-order chi connectivity index (χ1) is 16.1. The molecule has 0 amide bonds. The molecule has 1 aliphatic rings. The second-order valence-electron chi connectivity index (χ2n) is 8.27. The monoisotopic (exact) mass is 503 g/mol. The van der Waals surface area contributed by atoms with Crippen molar-refractivity contribution in [2.75, 3.05) is 17.7 Å². The third kappa shape index (κ3) is 4.65. The van der Waals surface area contributed by atoms with Crippen molar-refractivity contribution in [1.29, 1.82) is 0 Å². The Morgan fingerprint density at radius 3 is 2.70 bits per heavy atom. The van der Waals surface area contributed by atoms with Gasteiger partial charge in [0.15, 0.2) is 6.23 Å². The van der Waals surface area contributed by atoms with E-state index >= 15 is 0 Å². The molecule has 3 heterocycles. The first kappa shape index (κ1) is 21.7. The Bertz CT molecular complexity index is 1260. The van der Waals surface area contributed by atoms with E-state index in [-0.39, 0.29) is 6.23 Å². The molecule has 1 atom stereocenters. The van der Waals surface area contributed by atoms with E-state index in [4.69, 9.17) is 20.6 Å². The van der Waals surface area contributed by atoms with Crippen molar-refractivity contribution >= 4 is 33.0 Å². The highest BCUT2D eigenvalue weighted by molar-refractivity contribution is 9.10. The number of aryl methyl sites for hydroxylation is 1. The Morgan fingerprint density at radius 1 is 1.09 bits per heavy atom. The number of nitrogens with two attached hydrogens (primary N) is 1. The molecule has 0 aliphatic carbocycles. The van der Waals surface area contributed by atoms with Crippen molar-refractivity contribution in [3.63, 3.8) is 0 Å². The van der Waals surface area contributed by atoms with Gasteiger partial charge in [-0.1, -0.05) is 28.1 Å². The minimum atomic E-state index is -0.0843. The summed E-state index contributed by atoms with van der Waals surface area (Å²) in [5.74, 6) is 0. The van der Waals surface area contributed by atoms with Crippen molar-refractivity contribution in [3.8, 4) is 22.5 Å². The zero-order chi connectivity index (χ0) is 22.8. The molecule has 33 heavy (non-hydrogen) atoms. The Hall–Kier alpha value is -3.16. The average Bonchev–Trinajstić information content (AvgIpc) is 3.28. The standard InChI is InChI=1S/C26H26BrN5O/c1-17-5-4-6-23(30-17)26-21(16-29-32(26)25-7-2-3-14-33-25)18-8-13-22(28)24(15-18)31-20-11-9-19(27)10-12-20/h4-6,8-13,15-16,25,31H,2-3,7,14,28H2,1H3. The van der Waals surface area contributed by atoms with Crippen LogP contribution in [0.15, 0.2) is 71.3 Å². The van der Waals surface area contributed by atoms with Crippen LogP contribution in [0.3, 0.4) is 0 Å². The fourth-order valence-corrected chi connectivity index (χ4v) is 4.42. The predicted octanol–water partition coefficient (Wildman–Crippen LogP) is 6.71. The highest BCUT2D eigenvalue weighted by Gasteiger charge is 2.24. The Morgan fingerprint density at radius 2 is 1.94 bits per heavy atom. The van der Waals surface area contributed by atoms with Gasteiger partial charge in [0.1, 0.15) is 0 Å². The molecule has 5 rings (SSSR count). The zero-order valence-corrected chi connectivity index (χ0v) is 20.0. The van der Waals surface area contributed by atoms with Gasteiger partial charge in [-0.25, -0.2) is 4.68 Å². The van der Waals surface area contributed by atoms with E-state index in [1.807, 2.05) is 72.4 Å². The number of ether oxygens (including phenoxy) is 1. The second-order valence-corrected chi connectivity index (χ2v) is 9.19. The van der Waals surface area contributed by atoms with E-state index in [9.17, 15) is 0 Å². The lowest BCUT2D eigenvalue weighted by Gasteiger charge is -2.25. The second kappa shape index (κ2) is 9.37. The number of hydrogen-bond donors (Lipinski definition) is 2. The van der Waals surface area contributed by atoms with Crippen LogP contribution in [0.4, 0.5) is 17.1 Å². The topological polar surface area (TPSA) is 78.0 Å². The molecule has 4 aromatic rings. The van der Waals surface area contributed by atoms with Gasteiger partial charge in [0.25, 0.3) is 0 Å². The van der Waals surface area contributed by atoms with Crippen LogP contribution in [0.2, 0.25) is 0 Å². The highest BCUT2D eigenvalue weighted by Crippen LogP contribution is 2.38. The number of rotatable bonds is 5. The van der Waals surface area contributed by atoms with Gasteiger partial charge < -0.3 is 15.8 Å². The van der Waals surface area contributed by atoms with Crippen LogP contribution in [-0.4, -0.2) is 21.4 Å². The molecule has 2 aromatic heterocycles. The third-order valence-electron chi connectivity index (χ3n) is 5.84. The summed E-state index contributed by atoms with van der Waals surface area (Å²) in [5.41, 5.74) is 13.6. The van der Waals surface area contributed by atoms with Crippen LogP contribution in [0, 0.1) is 6.92 Å². The van der Waals surface area contributed by atoms with Crippen molar-refractivity contribution < 1.29 is 4.74 Å². The molecule has 0 saturated carbocycles. The van der Waals surface area contributed by atoms with Crippen LogP contribution in [0.5, 0.6) is 0 Å². The average molecular weight is 504 g/mol. The van der Waals surface area contributed by atoms with E-state index in [1.165, 1.54) is 0 Å². The molecule has 2 aromatic carbocycles. The molecule has 1 saturated heterocycles. The van der Waals surface area contributed by atoms with Gasteiger partial charge in [-0.3, -0.25) is 4.98 Å². The van der Waals surface area contributed by atoms with Gasteiger partial charge in [0.2, 0.25) is 0 Å². The molecule has 0 bridgehead atoms. The molecule has 1 fully saturated rings. The number of halogens is 1. The summed E-state index contributed by atoms with van der Waals surface area (Å²) in [6.07, 6.45) is 4.98. The molecule has 1 unspecified atom stereocenters. The minimum Gasteiger partial charge on any atom is -0.397 e. The predicted molar refractivity (Wildman–Crippen MR) is 136 cm³/mol. The summed E-state index contributed by atoms with van der Waals surface area (Å²) in [5, 5.41) is 8.20. The summed E-state index contributed by atoms with van der Waals surface area (Å²) in [6.45, 7) is 2.76. The summed E-state index contributed by atoms with van der Waals surface area (Å²) in [6, 6.07) is 20.1. The first-order valence-corrected chi connectivity index (χ1v) is 11.9. The number of benzene rings is 2. The van der Waals surface area contributed by atoms with Gasteiger partial charge in [-0.05, 0) is 80.3 Å². The maximum atomic E-state index is 6.31. The minimum absolute atomic E-state index is 0.0843. The number of anilines is 3. The zero-order valence-electron chi connectivity index (χ0n) is 18.5. The van der Waals surface area contributed by atoms with E-state index in [0.717, 1.165) is 69.9 Å². The lowest BCUT2D eigenvalue weighted by molar-refractivity contribution is -0.0383. The molecule has 168 valence electrons. The number of aromatic nitrogens is 3. The number of pyridine rings is 1. The molecule has 0 spiro atoms. The number of nitrogens with zero attached hydrogens (tertiary/aromatic N) is 3. The maximum Gasteiger partial charge on any atom is 0.150 e. The molecule has 6 nitrogen and oxygen atoms in total. The largest absolute Gasteiger partial charge is 0.397 e. The lowest BCUT2D eigenvalue weighted by Crippen LogP contribution is -2.20. The molecular formula is C26H26BrN5O. The van der Waals surface area contributed by atoms with Gasteiger partial charge in [0.05, 0.1) is 29.0 Å². The van der Waals surface area contributed by atoms with Crippen LogP contribution in [0.1, 0.15) is 31.2 Å². The lowest BCUT2D eigenvalue weighted by atomic mass is 10.0. The third-order valence-corrected chi connectivity index (χ3v) is 6.37. The quantitative estimate of drug-likeness (QED) is 0.296. The fourth-order valence-electron chi connectivity index (χ4n) is 4.16. The van der Waals surface area contributed by atoms with E-state index in [2.05, 4.69) is 27.3 Å². The first-order valence-electron chi connectivity index (χ1n) is 11.1. The van der Waals surface area contributed by atoms with Crippen molar-refractivity contribution in [3.05, 3.63) is 77.0 Å². The summed E-state index contributed by atoms with van der Waals surface area (Å²) in [4.78, 5) is 4.81. The van der Waals surface area contributed by atoms with E-state index in [1.54, 1.807) is 0 Å². The normalized spacial score (nSPS) is 16.0. The Kier molecular flexibility index (Phi) is 6.15. The van der Waals surface area contributed by atoms with Crippen LogP contribution in [0.25, 0.3) is 22.5 Å².